The Balaban J connectivity index is 1.44. The van der Waals surface area contributed by atoms with Crippen molar-refractivity contribution < 1.29 is 33.9 Å². The first-order chi connectivity index (χ1) is 28.4. The summed E-state index contributed by atoms with van der Waals surface area (Å²) in [4.78, 5) is 79.7. The van der Waals surface area contributed by atoms with Crippen LogP contribution in [0.3, 0.4) is 0 Å². The van der Waals surface area contributed by atoms with Gasteiger partial charge < -0.3 is 37.4 Å². The summed E-state index contributed by atoms with van der Waals surface area (Å²) in [5, 5.41) is 29.2. The predicted octanol–water partition coefficient (Wildman–Crippen LogP) is 4.21. The van der Waals surface area contributed by atoms with Gasteiger partial charge in [0, 0.05) is 19.8 Å². The first-order valence-corrected chi connectivity index (χ1v) is 20.8. The number of hydrogen-bond donors (Lipinski definition) is 7. The zero-order valence-corrected chi connectivity index (χ0v) is 35.8. The van der Waals surface area contributed by atoms with Crippen LogP contribution < -0.4 is 32.3 Å². The van der Waals surface area contributed by atoms with Gasteiger partial charge in [-0.2, -0.15) is 0 Å². The Morgan fingerprint density at radius 1 is 0.567 bits per heavy atom. The molecule has 0 aliphatic carbocycles. The largest absolute Gasteiger partial charge is 0.390 e. The van der Waals surface area contributed by atoms with E-state index in [1.165, 1.54) is 6.92 Å². The Bertz CT molecular complexity index is 2130. The van der Waals surface area contributed by atoms with E-state index in [1.807, 2.05) is 113 Å². The molecule has 0 bridgehead atoms. The lowest BCUT2D eigenvalue weighted by Crippen LogP contribution is -2.58. The van der Waals surface area contributed by atoms with Crippen molar-refractivity contribution in [3.63, 3.8) is 0 Å². The van der Waals surface area contributed by atoms with Crippen molar-refractivity contribution >= 4 is 57.0 Å². The molecule has 60 heavy (non-hydrogen) atoms. The second-order valence-electron chi connectivity index (χ2n) is 16.9. The zero-order chi connectivity index (χ0) is 44.1. The molecular weight excluding hydrogens is 761 g/mol. The van der Waals surface area contributed by atoms with Gasteiger partial charge in [-0.05, 0) is 63.3 Å². The number of benzene rings is 4. The molecule has 4 aromatic carbocycles. The molecule has 0 aliphatic rings. The van der Waals surface area contributed by atoms with Crippen molar-refractivity contribution in [2.45, 2.75) is 117 Å². The molecule has 322 valence electrons. The number of aliphatic hydroxyl groups is 1. The molecule has 13 heteroatoms. The van der Waals surface area contributed by atoms with Crippen molar-refractivity contribution in [3.05, 3.63) is 96.1 Å². The summed E-state index contributed by atoms with van der Waals surface area (Å²) in [5.74, 6) is -3.85. The molecule has 0 aromatic heterocycles. The average molecular weight is 823 g/mol. The first kappa shape index (κ1) is 46.9. The number of carbonyl (C=O) groups excluding carboxylic acids is 6. The normalized spacial score (nSPS) is 14.5. The fourth-order valence-electron chi connectivity index (χ4n) is 7.50. The van der Waals surface area contributed by atoms with Crippen LogP contribution in [0.4, 0.5) is 0 Å². The molecule has 0 heterocycles. The Morgan fingerprint density at radius 3 is 1.57 bits per heavy atom. The third kappa shape index (κ3) is 13.6. The van der Waals surface area contributed by atoms with Crippen LogP contribution in [0.5, 0.6) is 0 Å². The van der Waals surface area contributed by atoms with Gasteiger partial charge in [0.15, 0.2) is 0 Å². The summed E-state index contributed by atoms with van der Waals surface area (Å²) in [5.41, 5.74) is 7.44. The second-order valence-corrected chi connectivity index (χ2v) is 16.9. The number of amides is 6. The highest BCUT2D eigenvalue weighted by atomic mass is 16.3. The number of carbonyl (C=O) groups is 6. The van der Waals surface area contributed by atoms with Gasteiger partial charge in [-0.1, -0.05) is 126 Å². The summed E-state index contributed by atoms with van der Waals surface area (Å²) in [6.07, 6.45) is -0.912. The zero-order valence-electron chi connectivity index (χ0n) is 35.8. The van der Waals surface area contributed by atoms with Crippen LogP contribution in [0.2, 0.25) is 0 Å². The van der Waals surface area contributed by atoms with Gasteiger partial charge in [-0.15, -0.1) is 0 Å². The lowest BCUT2D eigenvalue weighted by molar-refractivity contribution is -0.134. The molecule has 6 atom stereocenters. The number of rotatable bonds is 21. The molecule has 0 radical (unpaired) electrons. The number of aliphatic hydroxyl groups excluding tert-OH is 1. The fraction of sp³-hybridized carbons (Fsp3) is 0.447. The molecule has 6 amide bonds. The van der Waals surface area contributed by atoms with Gasteiger partial charge in [0.05, 0.1) is 18.6 Å². The van der Waals surface area contributed by atoms with E-state index in [-0.39, 0.29) is 37.0 Å². The molecular formula is C47H62N6O7. The van der Waals surface area contributed by atoms with E-state index in [4.69, 9.17) is 5.73 Å². The van der Waals surface area contributed by atoms with Crippen LogP contribution in [-0.4, -0.2) is 76.9 Å². The Labute approximate surface area is 353 Å². The van der Waals surface area contributed by atoms with E-state index in [0.29, 0.717) is 6.42 Å². The van der Waals surface area contributed by atoms with Crippen LogP contribution in [0.1, 0.15) is 78.9 Å². The van der Waals surface area contributed by atoms with Crippen LogP contribution in [0.25, 0.3) is 21.5 Å². The maximum atomic E-state index is 13.9. The highest BCUT2D eigenvalue weighted by Gasteiger charge is 2.33. The van der Waals surface area contributed by atoms with Crippen molar-refractivity contribution in [2.24, 2.45) is 23.5 Å². The maximum absolute atomic E-state index is 13.9. The molecule has 0 spiro atoms. The van der Waals surface area contributed by atoms with Gasteiger partial charge >= 0.3 is 0 Å². The molecule has 0 aliphatic heterocycles. The Kier molecular flexibility index (Phi) is 17.2. The minimum atomic E-state index is -1.36. The second kappa shape index (κ2) is 22.0. The van der Waals surface area contributed by atoms with Crippen molar-refractivity contribution in [1.29, 1.82) is 0 Å². The van der Waals surface area contributed by atoms with E-state index in [1.54, 1.807) is 13.8 Å². The van der Waals surface area contributed by atoms with Crippen LogP contribution in [-0.2, 0) is 41.6 Å². The Morgan fingerprint density at radius 2 is 1.07 bits per heavy atom. The summed E-state index contributed by atoms with van der Waals surface area (Å²) in [7, 11) is 0. The lowest BCUT2D eigenvalue weighted by Gasteiger charge is -2.30. The first-order valence-electron chi connectivity index (χ1n) is 20.8. The number of fused-ring (bicyclic) bond motifs is 2. The van der Waals surface area contributed by atoms with E-state index in [2.05, 4.69) is 26.6 Å². The van der Waals surface area contributed by atoms with E-state index in [9.17, 15) is 33.9 Å². The quantitative estimate of drug-likeness (QED) is 0.0651. The highest BCUT2D eigenvalue weighted by molar-refractivity contribution is 5.94. The molecule has 0 fully saturated rings. The van der Waals surface area contributed by atoms with Crippen LogP contribution in [0.15, 0.2) is 84.9 Å². The molecule has 13 nitrogen and oxygen atoms in total. The fourth-order valence-corrected chi connectivity index (χ4v) is 7.50. The molecule has 2 unspecified atom stereocenters. The van der Waals surface area contributed by atoms with Gasteiger partial charge in [0.2, 0.25) is 35.4 Å². The highest BCUT2D eigenvalue weighted by Crippen LogP contribution is 2.22. The number of nitrogens with two attached hydrogens (primary N) is 1. The Hall–Kier alpha value is -5.82. The van der Waals surface area contributed by atoms with Crippen LogP contribution in [0, 0.1) is 17.8 Å². The predicted molar refractivity (Wildman–Crippen MR) is 234 cm³/mol. The molecule has 0 saturated heterocycles. The van der Waals surface area contributed by atoms with Crippen molar-refractivity contribution in [2.75, 3.05) is 0 Å². The minimum Gasteiger partial charge on any atom is -0.390 e. The van der Waals surface area contributed by atoms with E-state index in [0.717, 1.165) is 32.7 Å². The number of nitrogens with one attached hydrogen (secondary N) is 5. The minimum absolute atomic E-state index is 0.00289. The lowest BCUT2D eigenvalue weighted by atomic mass is 9.94. The smallest absolute Gasteiger partial charge is 0.243 e. The summed E-state index contributed by atoms with van der Waals surface area (Å²) in [6, 6.07) is 21.9. The maximum Gasteiger partial charge on any atom is 0.243 e. The van der Waals surface area contributed by atoms with Gasteiger partial charge in [0.25, 0.3) is 0 Å². The summed E-state index contributed by atoms with van der Waals surface area (Å²) < 4.78 is 0. The third-order valence-corrected chi connectivity index (χ3v) is 10.5. The molecule has 4 rings (SSSR count). The van der Waals surface area contributed by atoms with E-state index < -0.39 is 78.2 Å². The summed E-state index contributed by atoms with van der Waals surface area (Å²) >= 11 is 0. The third-order valence-electron chi connectivity index (χ3n) is 10.5. The average Bonchev–Trinajstić information content (AvgIpc) is 3.18. The molecule has 4 aromatic rings. The standard InChI is InChI=1S/C47H62N6O7/c1-27(2)22-37(51-47(60)43(29(5)6)53-46(59)40(49-30(7)54)25-34-19-13-17-32-15-9-11-21-36(32)34)41(55)26-42(56)50-39(23-28(3)4)45(58)52-38(44(48)57)24-33-18-12-16-31-14-8-10-20-35(31)33/h8-21,27-29,37-41,43,55H,22-26H2,1-7H3,(H2,48,57)(H,49,54)(H,50,56)(H,51,60)(H,52,58)(H,53,59)/t37?,38-,39-,40-,41?,43-/m0/s1. The monoisotopic (exact) mass is 822 g/mol. The van der Waals surface area contributed by atoms with Gasteiger partial charge in [0.1, 0.15) is 24.2 Å². The number of primary amides is 1. The van der Waals surface area contributed by atoms with Crippen LogP contribution >= 0.6 is 0 Å². The van der Waals surface area contributed by atoms with Crippen molar-refractivity contribution in [1.82, 2.24) is 26.6 Å². The van der Waals surface area contributed by atoms with Gasteiger partial charge in [-0.25, -0.2) is 0 Å². The topological polar surface area (TPSA) is 209 Å². The van der Waals surface area contributed by atoms with Gasteiger partial charge in [-0.3, -0.25) is 28.8 Å². The van der Waals surface area contributed by atoms with Crippen molar-refractivity contribution in [3.8, 4) is 0 Å². The molecule has 8 N–H and O–H groups in total. The summed E-state index contributed by atoms with van der Waals surface area (Å²) in [6.45, 7) is 12.5. The van der Waals surface area contributed by atoms with E-state index >= 15 is 0 Å². The SMILES string of the molecule is CC(=O)N[C@@H](Cc1cccc2ccccc12)C(=O)N[C@H](C(=O)NC(CC(C)C)C(O)CC(=O)N[C@@H](CC(C)C)C(=O)N[C@@H](Cc1cccc2ccccc12)C(N)=O)C(C)C. The number of hydrogen-bond acceptors (Lipinski definition) is 7. The molecule has 0 saturated carbocycles.